The van der Waals surface area contributed by atoms with Crippen molar-refractivity contribution in [1.29, 1.82) is 0 Å². The molecule has 0 unspecified atom stereocenters. The quantitative estimate of drug-likeness (QED) is 0.759. The lowest BCUT2D eigenvalue weighted by atomic mass is 10.2. The molecule has 0 spiro atoms. The number of aromatic nitrogens is 3. The molecule has 3 rings (SSSR count). The molecule has 0 aliphatic heterocycles. The predicted molar refractivity (Wildman–Crippen MR) is 74.5 cm³/mol. The first-order chi connectivity index (χ1) is 10.1. The van der Waals surface area contributed by atoms with Crippen molar-refractivity contribution in [3.63, 3.8) is 0 Å². The lowest BCUT2D eigenvalue weighted by Gasteiger charge is -2.01. The molecule has 0 radical (unpaired) electrons. The van der Waals surface area contributed by atoms with Crippen molar-refractivity contribution in [2.45, 2.75) is 19.9 Å². The van der Waals surface area contributed by atoms with E-state index in [4.69, 9.17) is 9.52 Å². The Morgan fingerprint density at radius 3 is 2.95 bits per heavy atom. The predicted octanol–water partition coefficient (Wildman–Crippen LogP) is 1.63. The number of hydrogen-bond acceptors (Lipinski definition) is 4. The van der Waals surface area contributed by atoms with E-state index in [1.165, 1.54) is 10.6 Å². The zero-order valence-electron chi connectivity index (χ0n) is 11.3. The van der Waals surface area contributed by atoms with Gasteiger partial charge in [0.2, 0.25) is 5.89 Å². The van der Waals surface area contributed by atoms with Crippen molar-refractivity contribution >= 4 is 17.0 Å². The number of carboxylic acids is 1. The van der Waals surface area contributed by atoms with Gasteiger partial charge in [0.1, 0.15) is 12.3 Å². The fourth-order valence-electron chi connectivity index (χ4n) is 2.24. The Morgan fingerprint density at radius 2 is 2.29 bits per heavy atom. The van der Waals surface area contributed by atoms with Crippen LogP contribution in [0.5, 0.6) is 0 Å². The molecular weight excluding hydrogens is 274 g/mol. The van der Waals surface area contributed by atoms with Gasteiger partial charge in [0.05, 0.1) is 22.8 Å². The molecule has 21 heavy (non-hydrogen) atoms. The second kappa shape index (κ2) is 4.93. The molecule has 2 heterocycles. The summed E-state index contributed by atoms with van der Waals surface area (Å²) in [5.41, 5.74) is 0.480. The second-order valence-corrected chi connectivity index (χ2v) is 4.60. The third-order valence-electron chi connectivity index (χ3n) is 3.28. The summed E-state index contributed by atoms with van der Waals surface area (Å²) in [6.45, 7) is 2.10. The molecule has 3 aromatic rings. The van der Waals surface area contributed by atoms with Gasteiger partial charge in [0.15, 0.2) is 0 Å². The maximum atomic E-state index is 12.0. The Bertz CT molecular complexity index is 872. The number of carboxylic acid groups (broad SMARTS) is 1. The van der Waals surface area contributed by atoms with Crippen molar-refractivity contribution in [2.75, 3.05) is 0 Å². The van der Waals surface area contributed by atoms with E-state index in [9.17, 15) is 9.59 Å². The Kier molecular flexibility index (Phi) is 3.09. The number of imidazole rings is 1. The molecule has 0 fully saturated rings. The zero-order chi connectivity index (χ0) is 15.0. The van der Waals surface area contributed by atoms with E-state index in [1.54, 1.807) is 18.3 Å². The number of aromatic carboxylic acids is 1. The Balaban J connectivity index is 2.10. The summed E-state index contributed by atoms with van der Waals surface area (Å²) in [6, 6.07) is 4.73. The number of aryl methyl sites for hydroxylation is 1. The van der Waals surface area contributed by atoms with Crippen molar-refractivity contribution in [3.05, 3.63) is 52.1 Å². The minimum absolute atomic E-state index is 0.0602. The monoisotopic (exact) mass is 287 g/mol. The zero-order valence-corrected chi connectivity index (χ0v) is 11.3. The van der Waals surface area contributed by atoms with Crippen LogP contribution in [-0.2, 0) is 13.0 Å². The van der Waals surface area contributed by atoms with Gasteiger partial charge in [-0.05, 0) is 12.1 Å². The van der Waals surface area contributed by atoms with Crippen LogP contribution in [0.15, 0.2) is 33.6 Å². The lowest BCUT2D eigenvalue weighted by molar-refractivity contribution is 0.0699. The first kappa shape index (κ1) is 13.2. The van der Waals surface area contributed by atoms with E-state index in [1.807, 2.05) is 6.92 Å². The number of hydrogen-bond donors (Lipinski definition) is 2. The van der Waals surface area contributed by atoms with Crippen LogP contribution in [0.25, 0.3) is 11.0 Å². The summed E-state index contributed by atoms with van der Waals surface area (Å²) in [5, 5.41) is 9.15. The largest absolute Gasteiger partial charge is 0.478 e. The summed E-state index contributed by atoms with van der Waals surface area (Å²) in [4.78, 5) is 29.9. The SMILES string of the molecule is CCc1cnc(Cn2c(=O)[nH]c3c(C(=O)O)cccc32)o1. The maximum Gasteiger partial charge on any atom is 0.337 e. The van der Waals surface area contributed by atoms with E-state index in [0.29, 0.717) is 16.9 Å². The maximum absolute atomic E-state index is 12.0. The molecule has 0 aliphatic carbocycles. The summed E-state index contributed by atoms with van der Waals surface area (Å²) in [5.74, 6) is 0.0677. The van der Waals surface area contributed by atoms with E-state index < -0.39 is 11.7 Å². The summed E-state index contributed by atoms with van der Waals surface area (Å²) in [6.07, 6.45) is 2.34. The molecule has 0 aliphatic rings. The van der Waals surface area contributed by atoms with Gasteiger partial charge in [-0.1, -0.05) is 13.0 Å². The molecule has 1 aromatic carbocycles. The highest BCUT2D eigenvalue weighted by atomic mass is 16.4. The van der Waals surface area contributed by atoms with Gasteiger partial charge in [-0.25, -0.2) is 14.6 Å². The van der Waals surface area contributed by atoms with Gasteiger partial charge < -0.3 is 14.5 Å². The minimum Gasteiger partial charge on any atom is -0.478 e. The fraction of sp³-hybridized carbons (Fsp3) is 0.214. The van der Waals surface area contributed by atoms with Crippen LogP contribution in [0.1, 0.15) is 28.9 Å². The number of fused-ring (bicyclic) bond motifs is 1. The standard InChI is InChI=1S/C14H13N3O4/c1-2-8-6-15-11(21-8)7-17-10-5-3-4-9(13(18)19)12(10)16-14(17)20/h3-6H,2,7H2,1H3,(H,16,20)(H,18,19). The number of benzene rings is 1. The van der Waals surface area contributed by atoms with Crippen LogP contribution in [0.3, 0.4) is 0 Å². The van der Waals surface area contributed by atoms with Gasteiger partial charge in [0, 0.05) is 6.42 Å². The van der Waals surface area contributed by atoms with Gasteiger partial charge in [-0.15, -0.1) is 0 Å². The van der Waals surface area contributed by atoms with Gasteiger partial charge >= 0.3 is 11.7 Å². The normalized spacial score (nSPS) is 11.1. The first-order valence-corrected chi connectivity index (χ1v) is 6.48. The molecule has 0 bridgehead atoms. The number of oxazole rings is 1. The molecule has 0 saturated carbocycles. The molecular formula is C14H13N3O4. The molecule has 2 N–H and O–H groups in total. The Labute approximate surface area is 118 Å². The van der Waals surface area contributed by atoms with Crippen molar-refractivity contribution < 1.29 is 14.3 Å². The van der Waals surface area contributed by atoms with Crippen LogP contribution in [0, 0.1) is 0 Å². The van der Waals surface area contributed by atoms with Gasteiger partial charge in [-0.3, -0.25) is 4.57 Å². The second-order valence-electron chi connectivity index (χ2n) is 4.60. The highest BCUT2D eigenvalue weighted by Crippen LogP contribution is 2.16. The number of rotatable bonds is 4. The Hall–Kier alpha value is -2.83. The third kappa shape index (κ3) is 2.22. The Morgan fingerprint density at radius 1 is 1.48 bits per heavy atom. The number of carbonyl (C=O) groups is 1. The number of para-hydroxylation sites is 1. The topological polar surface area (TPSA) is 101 Å². The lowest BCUT2D eigenvalue weighted by Crippen LogP contribution is -2.17. The van der Waals surface area contributed by atoms with E-state index in [2.05, 4.69) is 9.97 Å². The molecule has 0 amide bonds. The van der Waals surface area contributed by atoms with E-state index >= 15 is 0 Å². The van der Waals surface area contributed by atoms with Crippen molar-refractivity contribution in [3.8, 4) is 0 Å². The molecule has 2 aromatic heterocycles. The molecule has 7 nitrogen and oxygen atoms in total. The van der Waals surface area contributed by atoms with Crippen molar-refractivity contribution in [2.24, 2.45) is 0 Å². The third-order valence-corrected chi connectivity index (χ3v) is 3.28. The van der Waals surface area contributed by atoms with Crippen LogP contribution in [0.4, 0.5) is 0 Å². The summed E-state index contributed by atoms with van der Waals surface area (Å²) < 4.78 is 6.90. The number of nitrogens with zero attached hydrogens (tertiary/aromatic N) is 2. The smallest absolute Gasteiger partial charge is 0.337 e. The first-order valence-electron chi connectivity index (χ1n) is 6.48. The molecule has 0 atom stereocenters. The molecule has 0 saturated heterocycles. The minimum atomic E-state index is -1.08. The van der Waals surface area contributed by atoms with Crippen molar-refractivity contribution in [1.82, 2.24) is 14.5 Å². The highest BCUT2D eigenvalue weighted by Gasteiger charge is 2.15. The van der Waals surface area contributed by atoms with Crippen LogP contribution in [-0.4, -0.2) is 25.6 Å². The van der Waals surface area contributed by atoms with Gasteiger partial charge in [0.25, 0.3) is 0 Å². The van der Waals surface area contributed by atoms with Crippen LogP contribution < -0.4 is 5.69 Å². The molecule has 7 heteroatoms. The van der Waals surface area contributed by atoms with E-state index in [0.717, 1.165) is 12.2 Å². The van der Waals surface area contributed by atoms with Crippen LogP contribution in [0.2, 0.25) is 0 Å². The van der Waals surface area contributed by atoms with Gasteiger partial charge in [-0.2, -0.15) is 0 Å². The van der Waals surface area contributed by atoms with E-state index in [-0.39, 0.29) is 12.1 Å². The number of nitrogens with one attached hydrogen (secondary N) is 1. The van der Waals surface area contributed by atoms with Crippen LogP contribution >= 0.6 is 0 Å². The number of H-pyrrole nitrogens is 1. The number of aromatic amines is 1. The highest BCUT2D eigenvalue weighted by molar-refractivity contribution is 6.00. The summed E-state index contributed by atoms with van der Waals surface area (Å²) in [7, 11) is 0. The summed E-state index contributed by atoms with van der Waals surface area (Å²) >= 11 is 0. The average molecular weight is 287 g/mol. The molecule has 108 valence electrons. The fourth-order valence-corrected chi connectivity index (χ4v) is 2.24. The average Bonchev–Trinajstić information content (AvgIpc) is 3.04.